The van der Waals surface area contributed by atoms with Crippen LogP contribution in [0.15, 0.2) is 30.9 Å². The highest BCUT2D eigenvalue weighted by molar-refractivity contribution is 6.04. The van der Waals surface area contributed by atoms with E-state index in [-0.39, 0.29) is 11.7 Å². The predicted octanol–water partition coefficient (Wildman–Crippen LogP) is 1.26. The number of aromatic nitrogens is 3. The van der Waals surface area contributed by atoms with Crippen LogP contribution in [0.4, 0.5) is 5.69 Å². The van der Waals surface area contributed by atoms with Gasteiger partial charge in [-0.2, -0.15) is 5.10 Å². The summed E-state index contributed by atoms with van der Waals surface area (Å²) in [6.07, 6.45) is 5.96. The smallest absolute Gasteiger partial charge is 0.257 e. The molecule has 6 heteroatoms. The van der Waals surface area contributed by atoms with Crippen molar-refractivity contribution in [1.82, 2.24) is 14.8 Å². The molecule has 0 saturated heterocycles. The lowest BCUT2D eigenvalue weighted by Crippen LogP contribution is -2.11. The number of carbonyl (C=O) groups is 1. The molecule has 2 aromatic rings. The van der Waals surface area contributed by atoms with E-state index in [4.69, 9.17) is 0 Å². The van der Waals surface area contributed by atoms with Gasteiger partial charge in [-0.05, 0) is 13.0 Å². The van der Waals surface area contributed by atoms with Crippen LogP contribution in [0.2, 0.25) is 0 Å². The number of anilines is 1. The average molecular weight is 232 g/mol. The van der Waals surface area contributed by atoms with Crippen molar-refractivity contribution in [3.8, 4) is 5.75 Å². The lowest BCUT2D eigenvalue weighted by molar-refractivity contribution is 0.102. The Balaban J connectivity index is 2.11. The molecule has 6 nitrogen and oxygen atoms in total. The summed E-state index contributed by atoms with van der Waals surface area (Å²) in [6.45, 7) is 2.70. The van der Waals surface area contributed by atoms with E-state index in [1.807, 2.05) is 6.92 Å². The molecule has 0 fully saturated rings. The van der Waals surface area contributed by atoms with Crippen molar-refractivity contribution in [2.45, 2.75) is 13.5 Å². The summed E-state index contributed by atoms with van der Waals surface area (Å²) < 4.78 is 1.70. The zero-order valence-corrected chi connectivity index (χ0v) is 9.29. The van der Waals surface area contributed by atoms with Crippen LogP contribution in [0.25, 0.3) is 0 Å². The Labute approximate surface area is 97.9 Å². The molecule has 0 atom stereocenters. The van der Waals surface area contributed by atoms with E-state index >= 15 is 0 Å². The number of hydrogen-bond donors (Lipinski definition) is 2. The summed E-state index contributed by atoms with van der Waals surface area (Å²) in [5, 5.41) is 15.9. The SMILES string of the molecule is CCn1cc(NC(=O)c2cncc(O)c2)cn1. The van der Waals surface area contributed by atoms with Crippen molar-refractivity contribution in [3.63, 3.8) is 0 Å². The van der Waals surface area contributed by atoms with Gasteiger partial charge in [0, 0.05) is 18.9 Å². The number of aromatic hydroxyl groups is 1. The van der Waals surface area contributed by atoms with Gasteiger partial charge in [0.25, 0.3) is 5.91 Å². The topological polar surface area (TPSA) is 80.0 Å². The fourth-order valence-electron chi connectivity index (χ4n) is 1.36. The average Bonchev–Trinajstić information content (AvgIpc) is 2.77. The van der Waals surface area contributed by atoms with E-state index in [2.05, 4.69) is 15.4 Å². The van der Waals surface area contributed by atoms with Crippen LogP contribution in [0, 0.1) is 0 Å². The normalized spacial score (nSPS) is 10.2. The van der Waals surface area contributed by atoms with Gasteiger partial charge >= 0.3 is 0 Å². The lowest BCUT2D eigenvalue weighted by Gasteiger charge is -2.01. The first-order valence-corrected chi connectivity index (χ1v) is 5.17. The molecule has 1 amide bonds. The van der Waals surface area contributed by atoms with Gasteiger partial charge in [0.05, 0.1) is 23.6 Å². The number of pyridine rings is 1. The van der Waals surface area contributed by atoms with Gasteiger partial charge in [0.15, 0.2) is 0 Å². The Morgan fingerprint density at radius 1 is 1.47 bits per heavy atom. The van der Waals surface area contributed by atoms with Crippen LogP contribution in [-0.4, -0.2) is 25.8 Å². The number of hydrogen-bond acceptors (Lipinski definition) is 4. The second kappa shape index (κ2) is 4.65. The van der Waals surface area contributed by atoms with E-state index < -0.39 is 0 Å². The minimum absolute atomic E-state index is 0.0399. The van der Waals surface area contributed by atoms with Crippen molar-refractivity contribution in [3.05, 3.63) is 36.4 Å². The molecule has 0 aliphatic carbocycles. The molecule has 17 heavy (non-hydrogen) atoms. The van der Waals surface area contributed by atoms with E-state index in [0.29, 0.717) is 11.3 Å². The molecule has 2 rings (SSSR count). The maximum atomic E-state index is 11.8. The highest BCUT2D eigenvalue weighted by Gasteiger charge is 2.08. The predicted molar refractivity (Wildman–Crippen MR) is 61.8 cm³/mol. The molecule has 0 unspecified atom stereocenters. The molecule has 0 aliphatic rings. The zero-order valence-electron chi connectivity index (χ0n) is 9.29. The summed E-state index contributed by atoms with van der Waals surface area (Å²) in [5.41, 5.74) is 0.912. The van der Waals surface area contributed by atoms with E-state index in [9.17, 15) is 9.90 Å². The summed E-state index contributed by atoms with van der Waals surface area (Å²) in [5.74, 6) is -0.369. The third-order valence-corrected chi connectivity index (χ3v) is 2.20. The van der Waals surface area contributed by atoms with Gasteiger partial charge in [-0.15, -0.1) is 0 Å². The van der Waals surface area contributed by atoms with Crippen molar-refractivity contribution < 1.29 is 9.90 Å². The molecule has 0 saturated carbocycles. The Morgan fingerprint density at radius 3 is 2.94 bits per heavy atom. The Kier molecular flexibility index (Phi) is 3.04. The second-order valence-electron chi connectivity index (χ2n) is 3.47. The fourth-order valence-corrected chi connectivity index (χ4v) is 1.36. The summed E-state index contributed by atoms with van der Waals surface area (Å²) in [7, 11) is 0. The van der Waals surface area contributed by atoms with Crippen molar-refractivity contribution in [1.29, 1.82) is 0 Å². The van der Waals surface area contributed by atoms with Crippen LogP contribution >= 0.6 is 0 Å². The number of amides is 1. The maximum absolute atomic E-state index is 11.8. The van der Waals surface area contributed by atoms with Gasteiger partial charge in [-0.25, -0.2) is 0 Å². The first-order chi connectivity index (χ1) is 8.19. The van der Waals surface area contributed by atoms with E-state index in [0.717, 1.165) is 6.54 Å². The van der Waals surface area contributed by atoms with Crippen molar-refractivity contribution >= 4 is 11.6 Å². The first-order valence-electron chi connectivity index (χ1n) is 5.17. The monoisotopic (exact) mass is 232 g/mol. The number of rotatable bonds is 3. The number of nitrogens with one attached hydrogen (secondary N) is 1. The summed E-state index contributed by atoms with van der Waals surface area (Å²) in [4.78, 5) is 15.5. The van der Waals surface area contributed by atoms with Gasteiger partial charge in [-0.1, -0.05) is 0 Å². The van der Waals surface area contributed by atoms with Gasteiger partial charge in [0.2, 0.25) is 0 Å². The number of aryl methyl sites for hydroxylation is 1. The molecule has 88 valence electrons. The van der Waals surface area contributed by atoms with Crippen LogP contribution in [0.5, 0.6) is 5.75 Å². The molecule has 2 N–H and O–H groups in total. The number of nitrogens with zero attached hydrogens (tertiary/aromatic N) is 3. The minimum atomic E-state index is -0.330. The molecule has 2 heterocycles. The Morgan fingerprint density at radius 2 is 2.29 bits per heavy atom. The molecule has 0 bridgehead atoms. The van der Waals surface area contributed by atoms with Gasteiger partial charge in [0.1, 0.15) is 5.75 Å². The van der Waals surface area contributed by atoms with Crippen LogP contribution in [0.1, 0.15) is 17.3 Å². The third-order valence-electron chi connectivity index (χ3n) is 2.20. The minimum Gasteiger partial charge on any atom is -0.506 e. The van der Waals surface area contributed by atoms with Crippen molar-refractivity contribution in [2.75, 3.05) is 5.32 Å². The molecular weight excluding hydrogens is 220 g/mol. The maximum Gasteiger partial charge on any atom is 0.257 e. The molecule has 0 spiro atoms. The third kappa shape index (κ3) is 2.60. The lowest BCUT2D eigenvalue weighted by atomic mass is 10.2. The molecule has 0 radical (unpaired) electrons. The van der Waals surface area contributed by atoms with E-state index in [1.54, 1.807) is 17.1 Å². The quantitative estimate of drug-likeness (QED) is 0.834. The number of carbonyl (C=O) groups excluding carboxylic acids is 1. The first kappa shape index (κ1) is 11.1. The molecular formula is C11H12N4O2. The van der Waals surface area contributed by atoms with Crippen LogP contribution < -0.4 is 5.32 Å². The molecule has 0 aromatic carbocycles. The summed E-state index contributed by atoms with van der Waals surface area (Å²) in [6, 6.07) is 1.35. The zero-order chi connectivity index (χ0) is 12.3. The summed E-state index contributed by atoms with van der Waals surface area (Å²) >= 11 is 0. The van der Waals surface area contributed by atoms with Crippen LogP contribution in [-0.2, 0) is 6.54 Å². The van der Waals surface area contributed by atoms with E-state index in [1.165, 1.54) is 18.5 Å². The second-order valence-corrected chi connectivity index (χ2v) is 3.47. The van der Waals surface area contributed by atoms with Crippen molar-refractivity contribution in [2.24, 2.45) is 0 Å². The standard InChI is InChI=1S/C11H12N4O2/c1-2-15-7-9(5-13-15)14-11(17)8-3-10(16)6-12-4-8/h3-7,16H,2H2,1H3,(H,14,17). The molecule has 2 aromatic heterocycles. The van der Waals surface area contributed by atoms with Gasteiger partial charge in [-0.3, -0.25) is 14.5 Å². The molecule has 0 aliphatic heterocycles. The van der Waals surface area contributed by atoms with Crippen LogP contribution in [0.3, 0.4) is 0 Å². The highest BCUT2D eigenvalue weighted by Crippen LogP contribution is 2.11. The Bertz CT molecular complexity index is 536. The Hall–Kier alpha value is -2.37. The largest absolute Gasteiger partial charge is 0.506 e. The van der Waals surface area contributed by atoms with Gasteiger partial charge < -0.3 is 10.4 Å². The fraction of sp³-hybridized carbons (Fsp3) is 0.182. The highest BCUT2D eigenvalue weighted by atomic mass is 16.3.